The van der Waals surface area contributed by atoms with Gasteiger partial charge in [0.2, 0.25) is 0 Å². The highest BCUT2D eigenvalue weighted by Crippen LogP contribution is 2.67. The standard InChI is InChI=1S/C23H35N4O6P.C14H18N2O5/c1-14(2)27(15(3)4)34(31-11-7-10-24)33-18-17-20(26-12-16(5)19(28)25-21(26)29)32-23(18,13-30-17)22(6)8-9-22;1-7-5-16(12(19)15-10(7)18)11-8-9(17)14(21-11,6-20-8)13(2)3-4-13/h12,14-15,17-18,20H,7-9,11,13H2,1-6H3,(H,25,28,29);5,8-9,11,17H,3-4,6H2,1-2H3,(H,15,18,19)/t17?,18-,20-,23+,34?;8?,9-,11-,14+/m11/s1. The number of aromatic amines is 2. The number of rotatable bonds is 12. The van der Waals surface area contributed by atoms with Crippen LogP contribution in [-0.2, 0) is 28.0 Å². The molecule has 0 aromatic carbocycles. The maximum absolute atomic E-state index is 12.7. The molecule has 0 amide bonds. The van der Waals surface area contributed by atoms with Crippen molar-refractivity contribution in [2.75, 3.05) is 19.8 Å². The Labute approximate surface area is 319 Å². The molecule has 9 atom stereocenters. The van der Waals surface area contributed by atoms with Gasteiger partial charge in [0.1, 0.15) is 35.6 Å². The van der Waals surface area contributed by atoms with E-state index in [4.69, 9.17) is 33.3 Å². The Kier molecular flexibility index (Phi) is 10.5. The molecule has 2 aromatic rings. The zero-order chi connectivity index (χ0) is 39.8. The van der Waals surface area contributed by atoms with Crippen LogP contribution in [0.1, 0.15) is 97.2 Å². The number of H-pyrrole nitrogens is 2. The molecule has 6 fully saturated rings. The summed E-state index contributed by atoms with van der Waals surface area (Å²) in [6.45, 7) is 16.9. The number of aryl methyl sites for hydroxylation is 2. The zero-order valence-electron chi connectivity index (χ0n) is 32.7. The molecule has 2 saturated carbocycles. The predicted molar refractivity (Wildman–Crippen MR) is 198 cm³/mol. The van der Waals surface area contributed by atoms with Gasteiger partial charge in [0.15, 0.2) is 12.5 Å². The molecular formula is C37H53N6O11P. The van der Waals surface area contributed by atoms with Gasteiger partial charge >= 0.3 is 11.4 Å². The summed E-state index contributed by atoms with van der Waals surface area (Å²) in [6, 6.07) is 2.43. The van der Waals surface area contributed by atoms with Crippen LogP contribution < -0.4 is 22.5 Å². The smallest absolute Gasteiger partial charge is 0.330 e. The van der Waals surface area contributed by atoms with Crippen molar-refractivity contribution in [3.05, 3.63) is 65.2 Å². The van der Waals surface area contributed by atoms with E-state index in [1.165, 1.54) is 21.5 Å². The van der Waals surface area contributed by atoms with Crippen molar-refractivity contribution >= 4 is 8.53 Å². The molecule has 4 bridgehead atoms. The number of fused-ring (bicyclic) bond motifs is 4. The monoisotopic (exact) mass is 788 g/mol. The second-order valence-corrected chi connectivity index (χ2v) is 18.3. The third-order valence-corrected chi connectivity index (χ3v) is 14.6. The number of hydrogen-bond acceptors (Lipinski definition) is 13. The molecule has 2 aromatic heterocycles. The van der Waals surface area contributed by atoms with Crippen molar-refractivity contribution < 1.29 is 33.1 Å². The third kappa shape index (κ3) is 6.61. The number of aliphatic hydroxyl groups excluding tert-OH is 1. The Morgan fingerprint density at radius 2 is 1.35 bits per heavy atom. The van der Waals surface area contributed by atoms with E-state index in [0.717, 1.165) is 25.7 Å². The highest BCUT2D eigenvalue weighted by Gasteiger charge is 2.74. The molecule has 55 heavy (non-hydrogen) atoms. The van der Waals surface area contributed by atoms with Gasteiger partial charge in [0.05, 0.1) is 32.3 Å². The topological polar surface area (TPSA) is 212 Å². The SMILES string of the molecule is Cc1cn([C@@H]2O[C@@]3(C4(C)CC4)COC2[C@H]3O)c(=O)[nH]c1=O.Cc1cn([C@@H]2O[C@@]3(C4(C)CC4)COC2[C@H]3OP(OCCC#N)N(C(C)C)C(C)C)c(=O)[nH]c1=O. The van der Waals surface area contributed by atoms with E-state index in [2.05, 4.69) is 62.3 Å². The van der Waals surface area contributed by atoms with Gasteiger partial charge in [0, 0.05) is 46.4 Å². The van der Waals surface area contributed by atoms with Gasteiger partial charge in [-0.25, -0.2) is 14.3 Å². The van der Waals surface area contributed by atoms with Crippen LogP contribution >= 0.6 is 8.53 Å². The van der Waals surface area contributed by atoms with Crippen molar-refractivity contribution in [1.82, 2.24) is 23.8 Å². The lowest BCUT2D eigenvalue weighted by molar-refractivity contribution is -0.199. The van der Waals surface area contributed by atoms with Gasteiger partial charge in [-0.1, -0.05) is 13.8 Å². The van der Waals surface area contributed by atoms with E-state index in [1.54, 1.807) is 13.8 Å². The van der Waals surface area contributed by atoms with Crippen LogP contribution in [0.4, 0.5) is 0 Å². The molecule has 4 aliphatic heterocycles. The minimum Gasteiger partial charge on any atom is -0.387 e. The molecule has 2 aliphatic carbocycles. The molecule has 302 valence electrons. The van der Waals surface area contributed by atoms with Crippen LogP contribution in [-0.4, -0.2) is 96.4 Å². The van der Waals surface area contributed by atoms with Gasteiger partial charge in [-0.2, -0.15) is 5.26 Å². The summed E-state index contributed by atoms with van der Waals surface area (Å²) < 4.78 is 42.5. The fourth-order valence-electron chi connectivity index (χ4n) is 8.63. The Bertz CT molecular complexity index is 2060. The third-order valence-electron chi connectivity index (χ3n) is 12.5. The van der Waals surface area contributed by atoms with Gasteiger partial charge in [-0.05, 0) is 67.2 Å². The number of nitriles is 1. The average molecular weight is 789 g/mol. The van der Waals surface area contributed by atoms with Crippen LogP contribution in [0.2, 0.25) is 0 Å². The molecule has 0 radical (unpaired) electrons. The lowest BCUT2D eigenvalue weighted by Crippen LogP contribution is -2.49. The first-order valence-corrected chi connectivity index (χ1v) is 20.2. The molecular weight excluding hydrogens is 735 g/mol. The summed E-state index contributed by atoms with van der Waals surface area (Å²) in [6.07, 6.45) is 3.41. The number of hydrogen-bond donors (Lipinski definition) is 3. The predicted octanol–water partition coefficient (Wildman–Crippen LogP) is 2.65. The van der Waals surface area contributed by atoms with Gasteiger partial charge in [-0.15, -0.1) is 0 Å². The molecule has 6 heterocycles. The average Bonchev–Trinajstić information content (AvgIpc) is 3.94. The number of nitrogens with one attached hydrogen (secondary N) is 2. The fourth-order valence-corrected chi connectivity index (χ4v) is 10.4. The number of nitrogens with zero attached hydrogens (tertiary/aromatic N) is 4. The minimum absolute atomic E-state index is 0.100. The van der Waals surface area contributed by atoms with Crippen molar-refractivity contribution in [1.29, 1.82) is 5.26 Å². The number of aromatic nitrogens is 4. The lowest BCUT2D eigenvalue weighted by atomic mass is 9.83. The summed E-state index contributed by atoms with van der Waals surface area (Å²) in [5, 5.41) is 19.6. The minimum atomic E-state index is -1.52. The molecule has 3 N–H and O–H groups in total. The second kappa shape index (κ2) is 14.4. The van der Waals surface area contributed by atoms with E-state index in [9.17, 15) is 24.3 Å². The second-order valence-electron chi connectivity index (χ2n) is 16.9. The zero-order valence-corrected chi connectivity index (χ0v) is 33.6. The largest absolute Gasteiger partial charge is 0.387 e. The van der Waals surface area contributed by atoms with E-state index in [0.29, 0.717) is 24.3 Å². The first kappa shape index (κ1) is 40.2. The van der Waals surface area contributed by atoms with E-state index >= 15 is 0 Å². The highest BCUT2D eigenvalue weighted by molar-refractivity contribution is 7.44. The van der Waals surface area contributed by atoms with Gasteiger partial charge < -0.3 is 33.1 Å². The summed E-state index contributed by atoms with van der Waals surface area (Å²) in [7, 11) is -1.52. The van der Waals surface area contributed by atoms with Gasteiger partial charge in [0.25, 0.3) is 19.6 Å². The maximum atomic E-state index is 12.7. The van der Waals surface area contributed by atoms with Crippen LogP contribution in [0.3, 0.4) is 0 Å². The van der Waals surface area contributed by atoms with Crippen LogP contribution in [0.5, 0.6) is 0 Å². The van der Waals surface area contributed by atoms with Crippen LogP contribution in [0, 0.1) is 36.0 Å². The van der Waals surface area contributed by atoms with Crippen molar-refractivity contribution in [2.24, 2.45) is 10.8 Å². The normalized spacial score (nSPS) is 33.9. The summed E-state index contributed by atoms with van der Waals surface area (Å²) >= 11 is 0. The molecule has 0 spiro atoms. The molecule has 3 unspecified atom stereocenters. The Hall–Kier alpha value is -3.04. The molecule has 18 heteroatoms. The summed E-state index contributed by atoms with van der Waals surface area (Å²) in [4.78, 5) is 52.7. The van der Waals surface area contributed by atoms with Crippen LogP contribution in [0.15, 0.2) is 31.6 Å². The van der Waals surface area contributed by atoms with Crippen molar-refractivity contribution in [3.8, 4) is 6.07 Å². The molecule has 8 rings (SSSR count). The molecule has 4 saturated heterocycles. The first-order chi connectivity index (χ1) is 25.9. The Balaban J connectivity index is 0.000000188. The van der Waals surface area contributed by atoms with Gasteiger partial charge in [-0.3, -0.25) is 28.7 Å². The Morgan fingerprint density at radius 1 is 0.873 bits per heavy atom. The summed E-state index contributed by atoms with van der Waals surface area (Å²) in [5.41, 5.74) is -2.79. The van der Waals surface area contributed by atoms with E-state index in [1.807, 2.05) is 0 Å². The highest BCUT2D eigenvalue weighted by atomic mass is 31.2. The number of ether oxygens (including phenoxy) is 4. The van der Waals surface area contributed by atoms with Crippen molar-refractivity contribution in [3.63, 3.8) is 0 Å². The van der Waals surface area contributed by atoms with Crippen molar-refractivity contribution in [2.45, 2.75) is 148 Å². The quantitative estimate of drug-likeness (QED) is 0.209. The molecule has 17 nitrogen and oxygen atoms in total. The lowest BCUT2D eigenvalue weighted by Gasteiger charge is -2.40. The number of aliphatic hydroxyl groups is 1. The van der Waals surface area contributed by atoms with Crippen LogP contribution in [0.25, 0.3) is 0 Å². The Morgan fingerprint density at radius 3 is 1.85 bits per heavy atom. The van der Waals surface area contributed by atoms with E-state index in [-0.39, 0.29) is 35.9 Å². The summed E-state index contributed by atoms with van der Waals surface area (Å²) in [5.74, 6) is 0. The first-order valence-electron chi connectivity index (χ1n) is 19.1. The maximum Gasteiger partial charge on any atom is 0.330 e. The molecule has 6 aliphatic rings. The van der Waals surface area contributed by atoms with E-state index < -0.39 is 79.1 Å². The fraction of sp³-hybridized carbons (Fsp3) is 0.757.